The number of aryl methyl sites for hydroxylation is 1. The molecule has 0 saturated carbocycles. The van der Waals surface area contributed by atoms with Crippen LogP contribution in [-0.2, 0) is 17.9 Å². The average molecular weight is 297 g/mol. The van der Waals surface area contributed by atoms with Gasteiger partial charge in [-0.3, -0.25) is 4.79 Å². The van der Waals surface area contributed by atoms with Crippen LogP contribution in [0.25, 0.3) is 0 Å². The van der Waals surface area contributed by atoms with Gasteiger partial charge >= 0.3 is 0 Å². The van der Waals surface area contributed by atoms with Crippen molar-refractivity contribution < 1.29 is 9.53 Å². The summed E-state index contributed by atoms with van der Waals surface area (Å²) in [5.74, 6) is -0.0395. The van der Waals surface area contributed by atoms with Gasteiger partial charge in [-0.25, -0.2) is 0 Å². The Morgan fingerprint density at radius 3 is 2.45 bits per heavy atom. The van der Waals surface area contributed by atoms with Crippen molar-refractivity contribution in [3.63, 3.8) is 0 Å². The Hall–Kier alpha value is -2.13. The van der Waals surface area contributed by atoms with Crippen LogP contribution in [0.2, 0.25) is 0 Å². The van der Waals surface area contributed by atoms with E-state index in [4.69, 9.17) is 4.74 Å². The van der Waals surface area contributed by atoms with E-state index in [9.17, 15) is 4.79 Å². The third kappa shape index (κ3) is 4.43. The van der Waals surface area contributed by atoms with Gasteiger partial charge in [-0.15, -0.1) is 0 Å². The second-order valence-corrected chi connectivity index (χ2v) is 5.32. The molecular weight excluding hydrogens is 274 g/mol. The highest BCUT2D eigenvalue weighted by molar-refractivity contribution is 5.95. The SMILES string of the molecule is CCCOCc1ccccc1CNC(=O)c1ccccc1C. The van der Waals surface area contributed by atoms with Crippen LogP contribution in [0.5, 0.6) is 0 Å². The highest BCUT2D eigenvalue weighted by atomic mass is 16.5. The molecule has 0 heterocycles. The van der Waals surface area contributed by atoms with Gasteiger partial charge in [0.05, 0.1) is 6.61 Å². The number of hydrogen-bond acceptors (Lipinski definition) is 2. The third-order valence-electron chi connectivity index (χ3n) is 3.55. The molecule has 0 radical (unpaired) electrons. The summed E-state index contributed by atoms with van der Waals surface area (Å²) >= 11 is 0. The van der Waals surface area contributed by atoms with Crippen molar-refractivity contribution in [2.75, 3.05) is 6.61 Å². The number of amides is 1. The van der Waals surface area contributed by atoms with Crippen LogP contribution < -0.4 is 5.32 Å². The minimum Gasteiger partial charge on any atom is -0.377 e. The molecule has 0 bridgehead atoms. The van der Waals surface area contributed by atoms with Crippen LogP contribution in [0.4, 0.5) is 0 Å². The number of rotatable bonds is 7. The van der Waals surface area contributed by atoms with E-state index in [0.29, 0.717) is 13.2 Å². The normalized spacial score (nSPS) is 10.5. The number of carbonyl (C=O) groups excluding carboxylic acids is 1. The fraction of sp³-hybridized carbons (Fsp3) is 0.316. The first-order valence-corrected chi connectivity index (χ1v) is 7.70. The van der Waals surface area contributed by atoms with Crippen molar-refractivity contribution in [3.05, 3.63) is 70.8 Å². The molecule has 0 aliphatic carbocycles. The summed E-state index contributed by atoms with van der Waals surface area (Å²) in [5.41, 5.74) is 3.93. The van der Waals surface area contributed by atoms with Gasteiger partial charge in [0.15, 0.2) is 0 Å². The summed E-state index contributed by atoms with van der Waals surface area (Å²) < 4.78 is 5.61. The van der Waals surface area contributed by atoms with Crippen molar-refractivity contribution in [1.82, 2.24) is 5.32 Å². The molecule has 0 aromatic heterocycles. The van der Waals surface area contributed by atoms with Gasteiger partial charge in [-0.05, 0) is 36.1 Å². The number of nitrogens with one attached hydrogen (secondary N) is 1. The molecule has 2 aromatic rings. The van der Waals surface area contributed by atoms with E-state index in [1.165, 1.54) is 0 Å². The summed E-state index contributed by atoms with van der Waals surface area (Å²) in [7, 11) is 0. The molecule has 0 atom stereocenters. The topological polar surface area (TPSA) is 38.3 Å². The molecule has 0 unspecified atom stereocenters. The monoisotopic (exact) mass is 297 g/mol. The van der Waals surface area contributed by atoms with Crippen molar-refractivity contribution in [2.45, 2.75) is 33.4 Å². The fourth-order valence-corrected chi connectivity index (χ4v) is 2.30. The third-order valence-corrected chi connectivity index (χ3v) is 3.55. The molecule has 0 aliphatic rings. The van der Waals surface area contributed by atoms with Crippen LogP contribution in [0.1, 0.15) is 40.4 Å². The molecule has 3 heteroatoms. The standard InChI is InChI=1S/C19H23NO2/c1-3-12-22-14-17-10-6-5-9-16(17)13-20-19(21)18-11-7-4-8-15(18)2/h4-11H,3,12-14H2,1-2H3,(H,20,21). The van der Waals surface area contributed by atoms with Crippen molar-refractivity contribution in [1.29, 1.82) is 0 Å². The Morgan fingerprint density at radius 2 is 1.73 bits per heavy atom. The van der Waals surface area contributed by atoms with E-state index in [-0.39, 0.29) is 5.91 Å². The maximum absolute atomic E-state index is 12.3. The van der Waals surface area contributed by atoms with E-state index < -0.39 is 0 Å². The molecule has 3 nitrogen and oxygen atoms in total. The second kappa shape index (κ2) is 8.35. The van der Waals surface area contributed by atoms with Gasteiger partial charge in [0.25, 0.3) is 5.91 Å². The van der Waals surface area contributed by atoms with Crippen LogP contribution >= 0.6 is 0 Å². The van der Waals surface area contributed by atoms with Gasteiger partial charge in [-0.1, -0.05) is 49.4 Å². The van der Waals surface area contributed by atoms with Crippen molar-refractivity contribution in [2.24, 2.45) is 0 Å². The van der Waals surface area contributed by atoms with Gasteiger partial charge < -0.3 is 10.1 Å². The number of benzene rings is 2. The Bertz CT molecular complexity index is 622. The fourth-order valence-electron chi connectivity index (χ4n) is 2.30. The Labute approximate surface area is 132 Å². The minimum absolute atomic E-state index is 0.0395. The van der Waals surface area contributed by atoms with Crippen molar-refractivity contribution >= 4 is 5.91 Å². The highest BCUT2D eigenvalue weighted by Crippen LogP contribution is 2.12. The predicted molar refractivity (Wildman–Crippen MR) is 88.7 cm³/mol. The smallest absolute Gasteiger partial charge is 0.251 e. The molecule has 2 aromatic carbocycles. The first-order valence-electron chi connectivity index (χ1n) is 7.70. The van der Waals surface area contributed by atoms with Gasteiger partial charge in [0.2, 0.25) is 0 Å². The molecule has 1 N–H and O–H groups in total. The van der Waals surface area contributed by atoms with Gasteiger partial charge in [0, 0.05) is 18.7 Å². The number of carbonyl (C=O) groups is 1. The molecule has 1 amide bonds. The number of hydrogen-bond donors (Lipinski definition) is 1. The molecule has 0 spiro atoms. The van der Waals surface area contributed by atoms with E-state index in [0.717, 1.165) is 35.3 Å². The maximum Gasteiger partial charge on any atom is 0.251 e. The lowest BCUT2D eigenvalue weighted by Gasteiger charge is -2.12. The molecular formula is C19H23NO2. The minimum atomic E-state index is -0.0395. The Kier molecular flexibility index (Phi) is 6.16. The zero-order valence-corrected chi connectivity index (χ0v) is 13.3. The van der Waals surface area contributed by atoms with Crippen LogP contribution in [0.15, 0.2) is 48.5 Å². The number of ether oxygens (including phenoxy) is 1. The van der Waals surface area contributed by atoms with Crippen LogP contribution in [0.3, 0.4) is 0 Å². The predicted octanol–water partition coefficient (Wildman–Crippen LogP) is 3.85. The lowest BCUT2D eigenvalue weighted by molar-refractivity contribution is 0.0948. The second-order valence-electron chi connectivity index (χ2n) is 5.32. The van der Waals surface area contributed by atoms with Crippen LogP contribution in [0, 0.1) is 6.92 Å². The first-order chi connectivity index (χ1) is 10.7. The Morgan fingerprint density at radius 1 is 1.05 bits per heavy atom. The lowest BCUT2D eigenvalue weighted by Crippen LogP contribution is -2.24. The quantitative estimate of drug-likeness (QED) is 0.788. The summed E-state index contributed by atoms with van der Waals surface area (Å²) in [6.07, 6.45) is 1.01. The van der Waals surface area contributed by atoms with Crippen LogP contribution in [-0.4, -0.2) is 12.5 Å². The molecule has 0 fully saturated rings. The zero-order valence-electron chi connectivity index (χ0n) is 13.3. The molecule has 22 heavy (non-hydrogen) atoms. The zero-order chi connectivity index (χ0) is 15.8. The first kappa shape index (κ1) is 16.2. The molecule has 0 aliphatic heterocycles. The summed E-state index contributed by atoms with van der Waals surface area (Å²) in [6.45, 7) is 5.89. The van der Waals surface area contributed by atoms with Crippen molar-refractivity contribution in [3.8, 4) is 0 Å². The molecule has 2 rings (SSSR count). The average Bonchev–Trinajstić information content (AvgIpc) is 2.54. The van der Waals surface area contributed by atoms with E-state index in [1.54, 1.807) is 0 Å². The largest absolute Gasteiger partial charge is 0.377 e. The summed E-state index contributed by atoms with van der Waals surface area (Å²) in [4.78, 5) is 12.3. The summed E-state index contributed by atoms with van der Waals surface area (Å²) in [6, 6.07) is 15.7. The maximum atomic E-state index is 12.3. The van der Waals surface area contributed by atoms with E-state index >= 15 is 0 Å². The van der Waals surface area contributed by atoms with Gasteiger partial charge in [-0.2, -0.15) is 0 Å². The molecule has 0 saturated heterocycles. The lowest BCUT2D eigenvalue weighted by atomic mass is 10.1. The van der Waals surface area contributed by atoms with E-state index in [1.807, 2.05) is 55.5 Å². The van der Waals surface area contributed by atoms with E-state index in [2.05, 4.69) is 12.2 Å². The molecule has 116 valence electrons. The summed E-state index contributed by atoms with van der Waals surface area (Å²) in [5, 5.41) is 2.99. The highest BCUT2D eigenvalue weighted by Gasteiger charge is 2.09. The Balaban J connectivity index is 1.99. The van der Waals surface area contributed by atoms with Gasteiger partial charge in [0.1, 0.15) is 0 Å².